The summed E-state index contributed by atoms with van der Waals surface area (Å²) in [5, 5.41) is 2.70. The molecular weight excluding hydrogens is 291 g/mol. The minimum Gasteiger partial charge on any atom is -0.312 e. The second-order valence-corrected chi connectivity index (χ2v) is 7.78. The summed E-state index contributed by atoms with van der Waals surface area (Å²) in [7, 11) is -2.10. The van der Waals surface area contributed by atoms with Crippen LogP contribution >= 0.6 is 0 Å². The minimum atomic E-state index is -4.53. The van der Waals surface area contributed by atoms with E-state index in [0.717, 1.165) is 12.3 Å². The number of benzene rings is 1. The molecule has 1 N–H and O–H groups in total. The van der Waals surface area contributed by atoms with Crippen molar-refractivity contribution >= 4 is 9.84 Å². The zero-order valence-corrected chi connectivity index (χ0v) is 12.6. The standard InChI is InChI=1S/C13H18F3NO2S/c1-12(2,20(4,18)19)11(17-3)9-7-5-6-8-10(9)13(14,15)16/h5-8,11,17H,1-4H3. The molecular formula is C13H18F3NO2S. The van der Waals surface area contributed by atoms with Crippen molar-refractivity contribution in [3.05, 3.63) is 35.4 Å². The van der Waals surface area contributed by atoms with Crippen molar-refractivity contribution in [2.45, 2.75) is 30.8 Å². The van der Waals surface area contributed by atoms with Crippen LogP contribution in [0.4, 0.5) is 13.2 Å². The summed E-state index contributed by atoms with van der Waals surface area (Å²) in [6, 6.07) is 4.05. The first-order valence-electron chi connectivity index (χ1n) is 5.96. The highest BCUT2D eigenvalue weighted by Gasteiger charge is 2.43. The molecule has 7 heteroatoms. The second kappa shape index (κ2) is 5.37. The Morgan fingerprint density at radius 2 is 1.65 bits per heavy atom. The van der Waals surface area contributed by atoms with Crippen molar-refractivity contribution in [3.8, 4) is 0 Å². The minimum absolute atomic E-state index is 0.0714. The molecule has 0 bridgehead atoms. The normalized spacial score (nSPS) is 15.2. The Morgan fingerprint density at radius 3 is 2.05 bits per heavy atom. The summed E-state index contributed by atoms with van der Waals surface area (Å²) >= 11 is 0. The molecule has 20 heavy (non-hydrogen) atoms. The first-order valence-corrected chi connectivity index (χ1v) is 7.85. The molecule has 0 fully saturated rings. The van der Waals surface area contributed by atoms with E-state index in [1.54, 1.807) is 0 Å². The van der Waals surface area contributed by atoms with Gasteiger partial charge in [0.1, 0.15) is 0 Å². The molecule has 0 aliphatic rings. The number of hydrogen-bond donors (Lipinski definition) is 1. The van der Waals surface area contributed by atoms with Crippen molar-refractivity contribution in [2.24, 2.45) is 0 Å². The predicted octanol–water partition coefficient (Wildman–Crippen LogP) is 2.79. The van der Waals surface area contributed by atoms with Crippen molar-refractivity contribution in [2.75, 3.05) is 13.3 Å². The van der Waals surface area contributed by atoms with E-state index < -0.39 is 32.4 Å². The van der Waals surface area contributed by atoms with Gasteiger partial charge in [0.25, 0.3) is 0 Å². The van der Waals surface area contributed by atoms with E-state index in [1.807, 2.05) is 0 Å². The van der Waals surface area contributed by atoms with Gasteiger partial charge in [-0.2, -0.15) is 13.2 Å². The molecule has 1 aromatic carbocycles. The molecule has 1 unspecified atom stereocenters. The largest absolute Gasteiger partial charge is 0.416 e. The predicted molar refractivity (Wildman–Crippen MR) is 72.2 cm³/mol. The van der Waals surface area contributed by atoms with Gasteiger partial charge in [0.05, 0.1) is 16.4 Å². The van der Waals surface area contributed by atoms with Gasteiger partial charge in [0.2, 0.25) is 0 Å². The zero-order chi connectivity index (χ0) is 15.8. The molecule has 0 saturated carbocycles. The quantitative estimate of drug-likeness (QED) is 0.930. The molecule has 0 radical (unpaired) electrons. The average Bonchev–Trinajstić information content (AvgIpc) is 2.27. The SMILES string of the molecule is CNC(c1ccccc1C(F)(F)F)C(C)(C)S(C)(=O)=O. The van der Waals surface area contributed by atoms with Crippen molar-refractivity contribution in [1.82, 2.24) is 5.32 Å². The summed E-state index contributed by atoms with van der Waals surface area (Å²) < 4.78 is 61.5. The van der Waals surface area contributed by atoms with Crippen LogP contribution in [0.15, 0.2) is 24.3 Å². The lowest BCUT2D eigenvalue weighted by Crippen LogP contribution is -2.44. The number of alkyl halides is 3. The Balaban J connectivity index is 3.50. The molecule has 1 aromatic rings. The number of sulfone groups is 1. The van der Waals surface area contributed by atoms with E-state index in [1.165, 1.54) is 39.1 Å². The summed E-state index contributed by atoms with van der Waals surface area (Å²) in [5.41, 5.74) is -0.894. The number of halogens is 3. The molecule has 3 nitrogen and oxygen atoms in total. The van der Waals surface area contributed by atoms with E-state index in [0.29, 0.717) is 0 Å². The van der Waals surface area contributed by atoms with Crippen LogP contribution in [0.2, 0.25) is 0 Å². The van der Waals surface area contributed by atoms with Crippen LogP contribution in [-0.2, 0) is 16.0 Å². The fraction of sp³-hybridized carbons (Fsp3) is 0.538. The molecule has 114 valence electrons. The van der Waals surface area contributed by atoms with E-state index in [2.05, 4.69) is 5.32 Å². The Labute approximate surface area is 117 Å². The fourth-order valence-electron chi connectivity index (χ4n) is 2.10. The van der Waals surface area contributed by atoms with Crippen LogP contribution in [0.1, 0.15) is 31.0 Å². The zero-order valence-electron chi connectivity index (χ0n) is 11.7. The van der Waals surface area contributed by atoms with Crippen LogP contribution in [0.5, 0.6) is 0 Å². The fourth-order valence-corrected chi connectivity index (χ4v) is 2.77. The third kappa shape index (κ3) is 3.15. The highest BCUT2D eigenvalue weighted by atomic mass is 32.2. The second-order valence-electron chi connectivity index (χ2n) is 5.18. The number of rotatable bonds is 4. The van der Waals surface area contributed by atoms with Crippen molar-refractivity contribution in [3.63, 3.8) is 0 Å². The van der Waals surface area contributed by atoms with Gasteiger partial charge >= 0.3 is 6.18 Å². The van der Waals surface area contributed by atoms with Crippen LogP contribution < -0.4 is 5.32 Å². The van der Waals surface area contributed by atoms with Crippen molar-refractivity contribution < 1.29 is 21.6 Å². The maximum Gasteiger partial charge on any atom is 0.416 e. The lowest BCUT2D eigenvalue weighted by molar-refractivity contribution is -0.138. The van der Waals surface area contributed by atoms with Gasteiger partial charge in [-0.25, -0.2) is 8.42 Å². The van der Waals surface area contributed by atoms with Crippen molar-refractivity contribution in [1.29, 1.82) is 0 Å². The smallest absolute Gasteiger partial charge is 0.312 e. The molecule has 1 atom stereocenters. The van der Waals surface area contributed by atoms with Gasteiger partial charge < -0.3 is 5.32 Å². The number of nitrogens with one attached hydrogen (secondary N) is 1. The highest BCUT2D eigenvalue weighted by Crippen LogP contribution is 2.39. The van der Waals surface area contributed by atoms with Gasteiger partial charge in [-0.15, -0.1) is 0 Å². The molecule has 0 aromatic heterocycles. The van der Waals surface area contributed by atoms with Gasteiger partial charge in [0, 0.05) is 6.26 Å². The lowest BCUT2D eigenvalue weighted by Gasteiger charge is -2.34. The molecule has 0 saturated heterocycles. The maximum absolute atomic E-state index is 13.1. The van der Waals surface area contributed by atoms with Crippen LogP contribution in [0.25, 0.3) is 0 Å². The summed E-state index contributed by atoms with van der Waals surface area (Å²) in [6.07, 6.45) is -3.51. The van der Waals surface area contributed by atoms with E-state index in [-0.39, 0.29) is 5.56 Å². The maximum atomic E-state index is 13.1. The third-order valence-corrected chi connectivity index (χ3v) is 5.66. The Morgan fingerprint density at radius 1 is 1.15 bits per heavy atom. The van der Waals surface area contributed by atoms with Gasteiger partial charge in [-0.3, -0.25) is 0 Å². The summed E-state index contributed by atoms with van der Waals surface area (Å²) in [5.74, 6) is 0. The molecule has 0 aliphatic carbocycles. The Bertz CT molecular complexity index is 580. The molecule has 0 aliphatic heterocycles. The molecule has 0 amide bonds. The van der Waals surface area contributed by atoms with Gasteiger partial charge in [-0.1, -0.05) is 18.2 Å². The summed E-state index contributed by atoms with van der Waals surface area (Å²) in [4.78, 5) is 0. The van der Waals surface area contributed by atoms with Crippen LogP contribution in [-0.4, -0.2) is 26.5 Å². The Kier molecular flexibility index (Phi) is 4.55. The summed E-state index contributed by atoms with van der Waals surface area (Å²) in [6.45, 7) is 2.83. The number of hydrogen-bond acceptors (Lipinski definition) is 3. The van der Waals surface area contributed by atoms with E-state index in [4.69, 9.17) is 0 Å². The average molecular weight is 309 g/mol. The van der Waals surface area contributed by atoms with Crippen LogP contribution in [0, 0.1) is 0 Å². The van der Waals surface area contributed by atoms with E-state index >= 15 is 0 Å². The van der Waals surface area contributed by atoms with Gasteiger partial charge in [0.15, 0.2) is 9.84 Å². The Hall–Kier alpha value is -1.08. The van der Waals surface area contributed by atoms with E-state index in [9.17, 15) is 21.6 Å². The van der Waals surface area contributed by atoms with Crippen LogP contribution in [0.3, 0.4) is 0 Å². The third-order valence-electron chi connectivity index (χ3n) is 3.52. The lowest BCUT2D eigenvalue weighted by atomic mass is 9.91. The molecule has 0 heterocycles. The first kappa shape index (κ1) is 17.0. The first-order chi connectivity index (χ1) is 8.93. The monoisotopic (exact) mass is 309 g/mol. The highest BCUT2D eigenvalue weighted by molar-refractivity contribution is 7.92. The van der Waals surface area contributed by atoms with Gasteiger partial charge in [-0.05, 0) is 32.5 Å². The molecule has 1 rings (SSSR count). The molecule has 0 spiro atoms. The topological polar surface area (TPSA) is 46.2 Å².